The zero-order chi connectivity index (χ0) is 17.9. The first-order valence-electron chi connectivity index (χ1n) is 8.18. The highest BCUT2D eigenvalue weighted by Gasteiger charge is 2.36. The Bertz CT molecular complexity index is 933. The first-order chi connectivity index (χ1) is 12.7. The molecule has 2 amide bonds. The van der Waals surface area contributed by atoms with E-state index in [4.69, 9.17) is 0 Å². The molecule has 2 heterocycles. The number of para-hydroxylation sites is 1. The third-order valence-electron chi connectivity index (χ3n) is 4.06. The van der Waals surface area contributed by atoms with Crippen LogP contribution in [0.1, 0.15) is 10.4 Å². The molecule has 2 aliphatic rings. The Labute approximate surface area is 150 Å². The number of amides is 2. The van der Waals surface area contributed by atoms with E-state index in [0.717, 1.165) is 0 Å². The normalized spacial score (nSPS) is 15.9. The summed E-state index contributed by atoms with van der Waals surface area (Å²) in [7, 11) is 0. The van der Waals surface area contributed by atoms with Gasteiger partial charge >= 0.3 is 0 Å². The van der Waals surface area contributed by atoms with Crippen molar-refractivity contribution in [3.05, 3.63) is 90.4 Å². The number of hydrogen-bond acceptors (Lipinski definition) is 4. The zero-order valence-corrected chi connectivity index (χ0v) is 13.9. The predicted octanol–water partition coefficient (Wildman–Crippen LogP) is 2.65. The molecule has 6 heteroatoms. The molecule has 26 heavy (non-hydrogen) atoms. The molecule has 2 aliphatic heterocycles. The van der Waals surface area contributed by atoms with E-state index in [-0.39, 0.29) is 11.8 Å². The number of amidine groups is 1. The van der Waals surface area contributed by atoms with Gasteiger partial charge in [-0.05, 0) is 24.3 Å². The van der Waals surface area contributed by atoms with Gasteiger partial charge in [0.1, 0.15) is 0 Å². The fraction of sp³-hybridized carbons (Fsp3) is 0.0500. The van der Waals surface area contributed by atoms with Crippen LogP contribution in [0.25, 0.3) is 0 Å². The van der Waals surface area contributed by atoms with Crippen LogP contribution in [0.5, 0.6) is 0 Å². The molecule has 0 atom stereocenters. The molecule has 0 saturated heterocycles. The maximum absolute atomic E-state index is 12.6. The fourth-order valence-electron chi connectivity index (χ4n) is 2.75. The fourth-order valence-corrected chi connectivity index (χ4v) is 2.75. The van der Waals surface area contributed by atoms with Gasteiger partial charge in [-0.15, -0.1) is 0 Å². The summed E-state index contributed by atoms with van der Waals surface area (Å²) < 4.78 is 0. The predicted molar refractivity (Wildman–Crippen MR) is 99.3 cm³/mol. The van der Waals surface area contributed by atoms with Gasteiger partial charge in [-0.3, -0.25) is 14.5 Å². The number of benzene rings is 2. The Morgan fingerprint density at radius 2 is 1.69 bits per heavy atom. The summed E-state index contributed by atoms with van der Waals surface area (Å²) in [5.74, 6) is 0.254. The molecule has 2 aromatic rings. The maximum atomic E-state index is 12.6. The second-order valence-corrected chi connectivity index (χ2v) is 5.87. The van der Waals surface area contributed by atoms with E-state index < -0.39 is 0 Å². The van der Waals surface area contributed by atoms with Crippen LogP contribution in [0.15, 0.2) is 89.8 Å². The van der Waals surface area contributed by atoms with Crippen molar-refractivity contribution in [2.24, 2.45) is 4.99 Å². The number of anilines is 1. The highest BCUT2D eigenvalue weighted by Crippen LogP contribution is 2.18. The molecule has 1 N–H and O–H groups in total. The number of carbonyl (C=O) groups is 2. The SMILES string of the molecule is O=C(Nc1ccccc1)C1=C[N+]2CN(C(=O)c3ccccc3)C=CC2=N1. The lowest BCUT2D eigenvalue weighted by Crippen LogP contribution is -2.44. The molecule has 0 spiro atoms. The molecule has 0 unspecified atom stereocenters. The molecular formula is C20H16N4O2+. The summed E-state index contributed by atoms with van der Waals surface area (Å²) in [5.41, 5.74) is 1.63. The van der Waals surface area contributed by atoms with Crippen molar-refractivity contribution >= 4 is 23.3 Å². The molecule has 0 aromatic heterocycles. The van der Waals surface area contributed by atoms with E-state index in [1.54, 1.807) is 40.4 Å². The Hall–Kier alpha value is -3.51. The van der Waals surface area contributed by atoms with Gasteiger partial charge < -0.3 is 5.32 Å². The summed E-state index contributed by atoms with van der Waals surface area (Å²) in [6.07, 6.45) is 5.07. The number of aliphatic imine (C=N–C) groups is 1. The maximum Gasteiger partial charge on any atom is 0.285 e. The van der Waals surface area contributed by atoms with Crippen molar-refractivity contribution in [3.63, 3.8) is 0 Å². The summed E-state index contributed by atoms with van der Waals surface area (Å²) in [6.45, 7) is 0.311. The minimum atomic E-state index is -0.285. The van der Waals surface area contributed by atoms with E-state index >= 15 is 0 Å². The molecule has 2 aromatic carbocycles. The Morgan fingerprint density at radius 1 is 1.00 bits per heavy atom. The molecule has 0 fully saturated rings. The summed E-state index contributed by atoms with van der Waals surface area (Å²) in [5, 5.41) is 2.81. The van der Waals surface area contributed by atoms with Crippen molar-refractivity contribution in [2.45, 2.75) is 0 Å². The lowest BCUT2D eigenvalue weighted by atomic mass is 10.2. The number of nitrogens with one attached hydrogen (secondary N) is 1. The molecule has 0 aliphatic carbocycles. The lowest BCUT2D eigenvalue weighted by Gasteiger charge is -2.20. The lowest BCUT2D eigenvalue weighted by molar-refractivity contribution is -0.112. The number of rotatable bonds is 3. The van der Waals surface area contributed by atoms with Gasteiger partial charge in [-0.1, -0.05) is 41.3 Å². The van der Waals surface area contributed by atoms with Crippen LogP contribution >= 0.6 is 0 Å². The quantitative estimate of drug-likeness (QED) is 0.870. The summed E-state index contributed by atoms with van der Waals surface area (Å²) in [6, 6.07) is 18.3. The van der Waals surface area contributed by atoms with Crippen LogP contribution in [-0.2, 0) is 4.79 Å². The van der Waals surface area contributed by atoms with Crippen LogP contribution in [0.2, 0.25) is 0 Å². The molecule has 127 valence electrons. The molecule has 6 nitrogen and oxygen atoms in total. The van der Waals surface area contributed by atoms with Gasteiger partial charge in [0.15, 0.2) is 11.9 Å². The zero-order valence-electron chi connectivity index (χ0n) is 13.9. The van der Waals surface area contributed by atoms with Crippen molar-refractivity contribution < 1.29 is 9.59 Å². The van der Waals surface area contributed by atoms with Crippen molar-refractivity contribution in [1.29, 1.82) is 0 Å². The number of fused-ring (bicyclic) bond motifs is 1. The summed E-state index contributed by atoms with van der Waals surface area (Å²) in [4.78, 5) is 32.6. The highest BCUT2D eigenvalue weighted by atomic mass is 16.2. The Kier molecular flexibility index (Phi) is 4.17. The molecular weight excluding hydrogens is 328 g/mol. The largest absolute Gasteiger partial charge is 0.320 e. The second kappa shape index (κ2) is 6.78. The average Bonchev–Trinajstić information content (AvgIpc) is 3.12. The first kappa shape index (κ1) is 16.0. The topological polar surface area (TPSA) is 67.7 Å². The van der Waals surface area contributed by atoms with Gasteiger partial charge in [0.2, 0.25) is 6.67 Å². The number of carbonyl (C=O) groups excluding carboxylic acids is 2. The van der Waals surface area contributed by atoms with Gasteiger partial charge in [0.05, 0.1) is 0 Å². The van der Waals surface area contributed by atoms with Gasteiger partial charge in [-0.2, -0.15) is 4.99 Å². The van der Waals surface area contributed by atoms with Crippen LogP contribution in [-0.4, -0.2) is 29.2 Å². The van der Waals surface area contributed by atoms with Crippen LogP contribution in [0.3, 0.4) is 0 Å². The van der Waals surface area contributed by atoms with E-state index in [0.29, 0.717) is 29.5 Å². The minimum Gasteiger partial charge on any atom is -0.320 e. The molecule has 1 radical (unpaired) electrons. The van der Waals surface area contributed by atoms with E-state index in [1.807, 2.05) is 48.5 Å². The smallest absolute Gasteiger partial charge is 0.285 e. The molecule has 0 bridgehead atoms. The van der Waals surface area contributed by atoms with Gasteiger partial charge in [-0.25, -0.2) is 0 Å². The third-order valence-corrected chi connectivity index (χ3v) is 4.06. The first-order valence-corrected chi connectivity index (χ1v) is 8.18. The third kappa shape index (κ3) is 3.18. The number of nitrogens with zero attached hydrogens (tertiary/aromatic N) is 3. The Morgan fingerprint density at radius 3 is 2.42 bits per heavy atom. The Balaban J connectivity index is 1.47. The standard InChI is InChI=1S/C20H16N4O2/c25-19(21-16-9-5-2-6-10-16)17-13-24-14-23(12-11-18(24)22-17)20(26)15-7-3-1-4-8-15/h1-13H,14H2,(H,21,25)/q+1. The monoisotopic (exact) mass is 344 g/mol. The van der Waals surface area contributed by atoms with Crippen LogP contribution in [0, 0.1) is 0 Å². The number of hydrogen-bond donors (Lipinski definition) is 1. The van der Waals surface area contributed by atoms with Crippen molar-refractivity contribution in [3.8, 4) is 0 Å². The van der Waals surface area contributed by atoms with Gasteiger partial charge in [0.25, 0.3) is 17.6 Å². The van der Waals surface area contributed by atoms with E-state index in [1.165, 1.54) is 0 Å². The average molecular weight is 344 g/mol. The van der Waals surface area contributed by atoms with E-state index in [9.17, 15) is 9.59 Å². The second-order valence-electron chi connectivity index (χ2n) is 5.87. The summed E-state index contributed by atoms with van der Waals surface area (Å²) >= 11 is 0. The van der Waals surface area contributed by atoms with Crippen molar-refractivity contribution in [1.82, 2.24) is 9.80 Å². The molecule has 4 rings (SSSR count). The van der Waals surface area contributed by atoms with Crippen molar-refractivity contribution in [2.75, 3.05) is 12.0 Å². The van der Waals surface area contributed by atoms with E-state index in [2.05, 4.69) is 10.3 Å². The minimum absolute atomic E-state index is 0.100. The van der Waals surface area contributed by atoms with Crippen LogP contribution < -0.4 is 10.2 Å². The molecule has 0 saturated carbocycles. The highest BCUT2D eigenvalue weighted by molar-refractivity contribution is 6.10. The van der Waals surface area contributed by atoms with Gasteiger partial charge in [0, 0.05) is 23.5 Å². The van der Waals surface area contributed by atoms with Crippen LogP contribution in [0.4, 0.5) is 5.69 Å².